The molecule has 0 spiro atoms. The monoisotopic (exact) mass is 154 g/mol. The number of rotatable bonds is 1. The predicted molar refractivity (Wildman–Crippen MR) is 49.6 cm³/mol. The highest BCUT2D eigenvalue weighted by atomic mass is 16.3. The number of hydrogen-bond donors (Lipinski definition) is 1. The second-order valence-electron chi connectivity index (χ2n) is 4.00. The maximum atomic E-state index is 9.64. The molecule has 0 heterocycles. The molecule has 0 fully saturated rings. The number of aliphatic hydroxyl groups excluding tert-OH is 1. The zero-order valence-electron chi connectivity index (χ0n) is 8.15. The fraction of sp³-hybridized carbons (Fsp3) is 0.600. The van der Waals surface area contributed by atoms with Crippen LogP contribution in [-0.4, -0.2) is 5.11 Å². The standard InChI is InChI=1S/C10H18O/c1-7(2)8(3)9(11)10(4,5)6/h11H,1H2,2-6H3/b9-8-. The van der Waals surface area contributed by atoms with Crippen LogP contribution in [-0.2, 0) is 0 Å². The van der Waals surface area contributed by atoms with E-state index in [0.717, 1.165) is 11.1 Å². The van der Waals surface area contributed by atoms with E-state index in [4.69, 9.17) is 0 Å². The third-order valence-electron chi connectivity index (χ3n) is 1.71. The average Bonchev–Trinajstić information content (AvgIpc) is 1.82. The Balaban J connectivity index is 4.82. The van der Waals surface area contributed by atoms with Crippen LogP contribution in [0.25, 0.3) is 0 Å². The summed E-state index contributed by atoms with van der Waals surface area (Å²) in [5.41, 5.74) is 1.66. The van der Waals surface area contributed by atoms with Crippen LogP contribution >= 0.6 is 0 Å². The normalized spacial score (nSPS) is 14.3. The second kappa shape index (κ2) is 3.12. The maximum Gasteiger partial charge on any atom is 0.101 e. The van der Waals surface area contributed by atoms with Crippen LogP contribution in [0, 0.1) is 5.41 Å². The summed E-state index contributed by atoms with van der Waals surface area (Å²) in [6.07, 6.45) is 0. The Morgan fingerprint density at radius 3 is 1.64 bits per heavy atom. The van der Waals surface area contributed by atoms with Gasteiger partial charge in [0.1, 0.15) is 5.76 Å². The highest BCUT2D eigenvalue weighted by molar-refractivity contribution is 5.28. The van der Waals surface area contributed by atoms with Gasteiger partial charge in [-0.1, -0.05) is 32.9 Å². The van der Waals surface area contributed by atoms with Gasteiger partial charge in [0.25, 0.3) is 0 Å². The van der Waals surface area contributed by atoms with Crippen molar-refractivity contribution in [3.63, 3.8) is 0 Å². The molecular formula is C10H18O. The van der Waals surface area contributed by atoms with Gasteiger partial charge in [0.15, 0.2) is 0 Å². The molecule has 0 aliphatic carbocycles. The zero-order chi connectivity index (χ0) is 9.23. The van der Waals surface area contributed by atoms with Crippen molar-refractivity contribution in [1.82, 2.24) is 0 Å². The van der Waals surface area contributed by atoms with Crippen LogP contribution in [0.3, 0.4) is 0 Å². The van der Waals surface area contributed by atoms with Crippen LogP contribution < -0.4 is 0 Å². The molecule has 1 heteroatoms. The van der Waals surface area contributed by atoms with Crippen molar-refractivity contribution in [3.05, 3.63) is 23.5 Å². The Hall–Kier alpha value is -0.720. The molecule has 1 nitrogen and oxygen atoms in total. The van der Waals surface area contributed by atoms with E-state index < -0.39 is 0 Å². The highest BCUT2D eigenvalue weighted by Crippen LogP contribution is 2.27. The average molecular weight is 154 g/mol. The lowest BCUT2D eigenvalue weighted by molar-refractivity contribution is 0.272. The Morgan fingerprint density at radius 2 is 1.55 bits per heavy atom. The van der Waals surface area contributed by atoms with E-state index in [-0.39, 0.29) is 5.41 Å². The van der Waals surface area contributed by atoms with Gasteiger partial charge in [0.05, 0.1) is 0 Å². The molecule has 0 aromatic rings. The Labute approximate surface area is 69.4 Å². The quantitative estimate of drug-likeness (QED) is 0.453. The summed E-state index contributed by atoms with van der Waals surface area (Å²) in [5.74, 6) is 0.435. The number of allylic oxidation sites excluding steroid dienone is 3. The Bertz CT molecular complexity index is 191. The van der Waals surface area contributed by atoms with Crippen molar-refractivity contribution < 1.29 is 5.11 Å². The largest absolute Gasteiger partial charge is 0.511 e. The van der Waals surface area contributed by atoms with Crippen molar-refractivity contribution in [1.29, 1.82) is 0 Å². The molecule has 0 unspecified atom stereocenters. The lowest BCUT2D eigenvalue weighted by atomic mass is 9.89. The minimum atomic E-state index is -0.164. The molecular weight excluding hydrogens is 136 g/mol. The summed E-state index contributed by atoms with van der Waals surface area (Å²) in [7, 11) is 0. The third-order valence-corrected chi connectivity index (χ3v) is 1.71. The minimum Gasteiger partial charge on any atom is -0.511 e. The molecule has 1 N–H and O–H groups in total. The predicted octanol–water partition coefficient (Wildman–Crippen LogP) is 3.44. The molecule has 64 valence electrons. The van der Waals surface area contributed by atoms with E-state index in [1.165, 1.54) is 0 Å². The summed E-state index contributed by atoms with van der Waals surface area (Å²) < 4.78 is 0. The van der Waals surface area contributed by atoms with Gasteiger partial charge in [0, 0.05) is 5.41 Å². The molecule has 0 rings (SSSR count). The van der Waals surface area contributed by atoms with Gasteiger partial charge in [-0.2, -0.15) is 0 Å². The van der Waals surface area contributed by atoms with E-state index in [1.807, 2.05) is 34.6 Å². The van der Waals surface area contributed by atoms with Crippen LogP contribution in [0.5, 0.6) is 0 Å². The highest BCUT2D eigenvalue weighted by Gasteiger charge is 2.18. The molecule has 11 heavy (non-hydrogen) atoms. The van der Waals surface area contributed by atoms with Crippen molar-refractivity contribution in [2.75, 3.05) is 0 Å². The fourth-order valence-electron chi connectivity index (χ4n) is 0.765. The van der Waals surface area contributed by atoms with Gasteiger partial charge in [-0.3, -0.25) is 0 Å². The first kappa shape index (κ1) is 10.3. The lowest BCUT2D eigenvalue weighted by Crippen LogP contribution is -2.11. The van der Waals surface area contributed by atoms with Crippen LogP contribution in [0.4, 0.5) is 0 Å². The van der Waals surface area contributed by atoms with E-state index in [9.17, 15) is 5.11 Å². The lowest BCUT2D eigenvalue weighted by Gasteiger charge is -2.20. The zero-order valence-corrected chi connectivity index (χ0v) is 8.15. The van der Waals surface area contributed by atoms with Gasteiger partial charge in [-0.25, -0.2) is 0 Å². The molecule has 0 saturated carbocycles. The van der Waals surface area contributed by atoms with Crippen molar-refractivity contribution in [2.45, 2.75) is 34.6 Å². The molecule has 0 aromatic carbocycles. The first-order valence-corrected chi connectivity index (χ1v) is 3.83. The van der Waals surface area contributed by atoms with Crippen molar-refractivity contribution >= 4 is 0 Å². The summed E-state index contributed by atoms with van der Waals surface area (Å²) in [6.45, 7) is 13.5. The molecule has 0 saturated heterocycles. The topological polar surface area (TPSA) is 20.2 Å². The van der Waals surface area contributed by atoms with Crippen LogP contribution in [0.2, 0.25) is 0 Å². The van der Waals surface area contributed by atoms with Crippen molar-refractivity contribution in [2.24, 2.45) is 5.41 Å². The molecule has 0 radical (unpaired) electrons. The summed E-state index contributed by atoms with van der Waals surface area (Å²) >= 11 is 0. The van der Waals surface area contributed by atoms with Gasteiger partial charge >= 0.3 is 0 Å². The molecule has 0 atom stereocenters. The molecule has 0 aromatic heterocycles. The minimum absolute atomic E-state index is 0.164. The van der Waals surface area contributed by atoms with Crippen LogP contribution in [0.15, 0.2) is 23.5 Å². The summed E-state index contributed by atoms with van der Waals surface area (Å²) in [5, 5.41) is 9.64. The Kier molecular flexibility index (Phi) is 2.92. The summed E-state index contributed by atoms with van der Waals surface area (Å²) in [6, 6.07) is 0. The van der Waals surface area contributed by atoms with Gasteiger partial charge < -0.3 is 5.11 Å². The first-order valence-electron chi connectivity index (χ1n) is 3.83. The third kappa shape index (κ3) is 2.79. The van der Waals surface area contributed by atoms with E-state index in [0.29, 0.717) is 5.76 Å². The van der Waals surface area contributed by atoms with Crippen molar-refractivity contribution in [3.8, 4) is 0 Å². The van der Waals surface area contributed by atoms with E-state index in [1.54, 1.807) is 0 Å². The van der Waals surface area contributed by atoms with Crippen LogP contribution in [0.1, 0.15) is 34.6 Å². The first-order chi connectivity index (χ1) is 4.76. The van der Waals surface area contributed by atoms with Gasteiger partial charge in [0.2, 0.25) is 0 Å². The van der Waals surface area contributed by atoms with E-state index in [2.05, 4.69) is 6.58 Å². The maximum absolute atomic E-state index is 9.64. The molecule has 0 bridgehead atoms. The Morgan fingerprint density at radius 1 is 1.18 bits per heavy atom. The number of hydrogen-bond acceptors (Lipinski definition) is 1. The fourth-order valence-corrected chi connectivity index (χ4v) is 0.765. The smallest absolute Gasteiger partial charge is 0.101 e. The molecule has 0 aliphatic rings. The SMILES string of the molecule is C=C(C)/C(C)=C(\O)C(C)(C)C. The molecule has 0 aliphatic heterocycles. The van der Waals surface area contributed by atoms with E-state index >= 15 is 0 Å². The number of aliphatic hydroxyl groups is 1. The second-order valence-corrected chi connectivity index (χ2v) is 4.00. The van der Waals surface area contributed by atoms with Gasteiger partial charge in [-0.15, -0.1) is 0 Å². The van der Waals surface area contributed by atoms with Gasteiger partial charge in [-0.05, 0) is 19.4 Å². The summed E-state index contributed by atoms with van der Waals surface area (Å²) in [4.78, 5) is 0. The molecule has 0 amide bonds.